The second-order valence-corrected chi connectivity index (χ2v) is 6.79. The predicted octanol–water partition coefficient (Wildman–Crippen LogP) is 4.15. The molecule has 2 aliphatic rings. The van der Waals surface area contributed by atoms with Crippen molar-refractivity contribution in [2.24, 2.45) is 0 Å². The van der Waals surface area contributed by atoms with E-state index in [-0.39, 0.29) is 5.78 Å². The number of nitrogens with one attached hydrogen (secondary N) is 1. The summed E-state index contributed by atoms with van der Waals surface area (Å²) in [5.74, 6) is 0.780. The number of carbonyl (C=O) groups is 1. The minimum atomic E-state index is 0.184. The first kappa shape index (κ1) is 13.0. The highest BCUT2D eigenvalue weighted by Gasteiger charge is 2.33. The molecule has 1 aromatic rings. The van der Waals surface area contributed by atoms with E-state index in [2.05, 4.69) is 5.32 Å². The van der Waals surface area contributed by atoms with Crippen molar-refractivity contribution >= 4 is 27.8 Å². The zero-order chi connectivity index (χ0) is 13.4. The quantitative estimate of drug-likeness (QED) is 0.795. The normalized spacial score (nSPS) is 19.8. The number of nitrogens with two attached hydrogens (primary N) is 1. The fourth-order valence-electron chi connectivity index (χ4n) is 2.96. The Morgan fingerprint density at radius 1 is 1.32 bits per heavy atom. The first-order valence-corrected chi connectivity index (χ1v) is 8.24. The Balaban J connectivity index is 1.90. The summed E-state index contributed by atoms with van der Waals surface area (Å²) < 4.78 is 0. The van der Waals surface area contributed by atoms with Gasteiger partial charge in [-0.2, -0.15) is 0 Å². The fraction of sp³-hybridized carbons (Fsp3) is 0.667. The molecule has 1 aromatic heterocycles. The van der Waals surface area contributed by atoms with Crippen LogP contribution in [-0.4, -0.2) is 11.8 Å². The van der Waals surface area contributed by atoms with Gasteiger partial charge in [0, 0.05) is 18.0 Å². The molecule has 3 rings (SSSR count). The molecule has 2 saturated carbocycles. The summed E-state index contributed by atoms with van der Waals surface area (Å²) in [7, 11) is 0. The number of hydrogen-bond acceptors (Lipinski definition) is 4. The summed E-state index contributed by atoms with van der Waals surface area (Å²) in [6.07, 6.45) is 8.12. The van der Waals surface area contributed by atoms with Gasteiger partial charge in [0.15, 0.2) is 5.78 Å². The lowest BCUT2D eigenvalue weighted by atomic mass is 10.1. The summed E-state index contributed by atoms with van der Waals surface area (Å²) in [5.41, 5.74) is 8.25. The van der Waals surface area contributed by atoms with Crippen LogP contribution in [0.4, 0.5) is 10.7 Å². The molecule has 3 N–H and O–H groups in total. The third kappa shape index (κ3) is 2.50. The van der Waals surface area contributed by atoms with Gasteiger partial charge in [0.05, 0.1) is 15.6 Å². The van der Waals surface area contributed by atoms with E-state index in [4.69, 9.17) is 5.73 Å². The highest BCUT2D eigenvalue weighted by molar-refractivity contribution is 7.18. The van der Waals surface area contributed by atoms with Crippen LogP contribution in [0.1, 0.15) is 73.0 Å². The Morgan fingerprint density at radius 2 is 2.00 bits per heavy atom. The van der Waals surface area contributed by atoms with E-state index in [0.717, 1.165) is 10.6 Å². The second-order valence-electron chi connectivity index (χ2n) is 5.76. The van der Waals surface area contributed by atoms with Crippen LogP contribution in [0.3, 0.4) is 0 Å². The third-order valence-corrected chi connectivity index (χ3v) is 5.43. The molecular formula is C15H22N2OS. The van der Waals surface area contributed by atoms with Gasteiger partial charge in [0.25, 0.3) is 0 Å². The number of ketones is 1. The number of carbonyl (C=O) groups excluding carboxylic acids is 1. The van der Waals surface area contributed by atoms with E-state index in [1.807, 2.05) is 6.92 Å². The highest BCUT2D eigenvalue weighted by atomic mass is 32.1. The zero-order valence-corrected chi connectivity index (χ0v) is 12.3. The standard InChI is InChI=1S/C15H22N2OS/c1-2-11(18)14-13(16)12(9-7-8-9)15(19-14)17-10-5-3-4-6-10/h9-10,17H,2-8,16H2,1H3. The molecule has 0 bridgehead atoms. The van der Waals surface area contributed by atoms with Crippen LogP contribution >= 0.6 is 11.3 Å². The molecule has 1 heterocycles. The Kier molecular flexibility index (Phi) is 3.52. The molecule has 0 radical (unpaired) electrons. The topological polar surface area (TPSA) is 55.1 Å². The Hall–Kier alpha value is -1.03. The first-order valence-electron chi connectivity index (χ1n) is 7.42. The molecule has 3 nitrogen and oxygen atoms in total. The van der Waals surface area contributed by atoms with Crippen molar-refractivity contribution in [3.63, 3.8) is 0 Å². The van der Waals surface area contributed by atoms with E-state index in [9.17, 15) is 4.79 Å². The number of hydrogen-bond donors (Lipinski definition) is 2. The van der Waals surface area contributed by atoms with E-state index in [1.54, 1.807) is 11.3 Å². The van der Waals surface area contributed by atoms with Crippen LogP contribution in [0, 0.1) is 0 Å². The molecule has 0 amide bonds. The molecule has 4 heteroatoms. The minimum absolute atomic E-state index is 0.184. The van der Waals surface area contributed by atoms with Gasteiger partial charge in [-0.25, -0.2) is 0 Å². The van der Waals surface area contributed by atoms with Gasteiger partial charge in [0.1, 0.15) is 0 Å². The highest BCUT2D eigenvalue weighted by Crippen LogP contribution is 2.51. The second kappa shape index (κ2) is 5.16. The molecule has 0 spiro atoms. The largest absolute Gasteiger partial charge is 0.397 e. The Labute approximate surface area is 118 Å². The van der Waals surface area contributed by atoms with Gasteiger partial charge in [0.2, 0.25) is 0 Å². The maximum atomic E-state index is 12.0. The monoisotopic (exact) mass is 278 g/mol. The van der Waals surface area contributed by atoms with E-state index < -0.39 is 0 Å². The van der Waals surface area contributed by atoms with E-state index >= 15 is 0 Å². The first-order chi connectivity index (χ1) is 9.20. The maximum Gasteiger partial charge on any atom is 0.174 e. The molecule has 0 aromatic carbocycles. The maximum absolute atomic E-state index is 12.0. The average Bonchev–Trinajstić information content (AvgIpc) is 3.00. The number of Topliss-reactive ketones (excluding diaryl/α,β-unsaturated/α-hetero) is 1. The molecule has 2 fully saturated rings. The third-order valence-electron chi connectivity index (χ3n) is 4.23. The van der Waals surface area contributed by atoms with E-state index in [1.165, 1.54) is 49.1 Å². The van der Waals surface area contributed by atoms with Gasteiger partial charge in [-0.1, -0.05) is 19.8 Å². The molecule has 0 atom stereocenters. The van der Waals surface area contributed by atoms with Crippen LogP contribution in [0.5, 0.6) is 0 Å². The number of nitrogen functional groups attached to an aromatic ring is 1. The molecular weight excluding hydrogens is 256 g/mol. The average molecular weight is 278 g/mol. The number of thiophene rings is 1. The van der Waals surface area contributed by atoms with Crippen molar-refractivity contribution in [1.29, 1.82) is 0 Å². The molecule has 104 valence electrons. The lowest BCUT2D eigenvalue weighted by molar-refractivity contribution is 0.0993. The van der Waals surface area contributed by atoms with Gasteiger partial charge in [-0.3, -0.25) is 4.79 Å². The van der Waals surface area contributed by atoms with Crippen LogP contribution in [-0.2, 0) is 0 Å². The molecule has 0 saturated heterocycles. The van der Waals surface area contributed by atoms with Crippen LogP contribution in [0.25, 0.3) is 0 Å². The molecule has 0 unspecified atom stereocenters. The van der Waals surface area contributed by atoms with Crippen molar-refractivity contribution in [2.75, 3.05) is 11.1 Å². The molecule has 19 heavy (non-hydrogen) atoms. The fourth-order valence-corrected chi connectivity index (χ4v) is 4.26. The Bertz CT molecular complexity index is 485. The van der Waals surface area contributed by atoms with Crippen molar-refractivity contribution < 1.29 is 4.79 Å². The van der Waals surface area contributed by atoms with Crippen LogP contribution < -0.4 is 11.1 Å². The summed E-state index contributed by atoms with van der Waals surface area (Å²) in [4.78, 5) is 12.8. The van der Waals surface area contributed by atoms with Crippen molar-refractivity contribution in [3.8, 4) is 0 Å². The van der Waals surface area contributed by atoms with Crippen molar-refractivity contribution in [1.82, 2.24) is 0 Å². The number of rotatable bonds is 5. The van der Waals surface area contributed by atoms with Crippen LogP contribution in [0.2, 0.25) is 0 Å². The van der Waals surface area contributed by atoms with Gasteiger partial charge >= 0.3 is 0 Å². The molecule has 0 aliphatic heterocycles. The number of anilines is 2. The lowest BCUT2D eigenvalue weighted by Crippen LogP contribution is -2.14. The smallest absolute Gasteiger partial charge is 0.174 e. The summed E-state index contributed by atoms with van der Waals surface area (Å²) in [6.45, 7) is 1.91. The SMILES string of the molecule is CCC(=O)c1sc(NC2CCCC2)c(C2CC2)c1N. The van der Waals surface area contributed by atoms with Crippen molar-refractivity contribution in [3.05, 3.63) is 10.4 Å². The summed E-state index contributed by atoms with van der Waals surface area (Å²) in [5, 5.41) is 4.84. The van der Waals surface area contributed by atoms with Crippen LogP contribution in [0.15, 0.2) is 0 Å². The van der Waals surface area contributed by atoms with Gasteiger partial charge in [-0.15, -0.1) is 11.3 Å². The minimum Gasteiger partial charge on any atom is -0.397 e. The van der Waals surface area contributed by atoms with E-state index in [0.29, 0.717) is 18.4 Å². The van der Waals surface area contributed by atoms with Gasteiger partial charge in [-0.05, 0) is 31.6 Å². The summed E-state index contributed by atoms with van der Waals surface area (Å²) >= 11 is 1.59. The zero-order valence-electron chi connectivity index (χ0n) is 11.5. The summed E-state index contributed by atoms with van der Waals surface area (Å²) in [6, 6.07) is 0.583. The lowest BCUT2D eigenvalue weighted by Gasteiger charge is -2.13. The van der Waals surface area contributed by atoms with Gasteiger partial charge < -0.3 is 11.1 Å². The predicted molar refractivity (Wildman–Crippen MR) is 81.2 cm³/mol. The Morgan fingerprint density at radius 3 is 2.58 bits per heavy atom. The van der Waals surface area contributed by atoms with Crippen molar-refractivity contribution in [2.45, 2.75) is 63.8 Å². The molecule has 2 aliphatic carbocycles.